The predicted molar refractivity (Wildman–Crippen MR) is 77.7 cm³/mol. The van der Waals surface area contributed by atoms with Crippen LogP contribution in [0.4, 0.5) is 0 Å². The number of hydrogen-bond donors (Lipinski definition) is 1. The molecule has 0 saturated carbocycles. The van der Waals surface area contributed by atoms with Crippen molar-refractivity contribution in [1.82, 2.24) is 4.98 Å². The van der Waals surface area contributed by atoms with Crippen LogP contribution < -0.4 is 24.8 Å². The largest absolute Gasteiger partial charge is 4.00 e. The van der Waals surface area contributed by atoms with Gasteiger partial charge in [-0.05, 0) is 0 Å². The molecule has 2 rings (SSSR count). The smallest absolute Gasteiger partial charge is 1.00 e. The molecule has 1 aliphatic rings. The Morgan fingerprint density at radius 2 is 1.70 bits per heavy atom. The zero-order valence-electron chi connectivity index (χ0n) is 13.1. The summed E-state index contributed by atoms with van der Waals surface area (Å²) < 4.78 is 0. The number of nitrogens with one attached hydrogen (secondary N) is 1. The van der Waals surface area contributed by atoms with Crippen LogP contribution in [-0.2, 0) is 21.7 Å². The van der Waals surface area contributed by atoms with Gasteiger partial charge < -0.3 is 29.8 Å². The van der Waals surface area contributed by atoms with Gasteiger partial charge in [-0.2, -0.15) is 29.5 Å². The second kappa shape index (κ2) is 10.9. The molecule has 0 bridgehead atoms. The Bertz CT molecular complexity index is 410. The van der Waals surface area contributed by atoms with Gasteiger partial charge in [0.25, 0.3) is 0 Å². The fourth-order valence-electron chi connectivity index (χ4n) is 2.07. The average Bonchev–Trinajstić information content (AvgIpc) is 2.89. The Morgan fingerprint density at radius 3 is 1.85 bits per heavy atom. The Balaban J connectivity index is -0.000000312. The first-order valence-electron chi connectivity index (χ1n) is 6.19. The van der Waals surface area contributed by atoms with Crippen LogP contribution in [0.3, 0.4) is 0 Å². The molecule has 20 heavy (non-hydrogen) atoms. The molecule has 0 fully saturated rings. The maximum absolute atomic E-state index is 3.63. The molecule has 0 amide bonds. The minimum absolute atomic E-state index is 0. The van der Waals surface area contributed by atoms with Gasteiger partial charge in [0.05, 0.1) is 0 Å². The zero-order valence-corrected chi connectivity index (χ0v) is 17.3. The van der Waals surface area contributed by atoms with Crippen LogP contribution >= 0.6 is 0 Å². The summed E-state index contributed by atoms with van der Waals surface area (Å²) in [6, 6.07) is 3.71. The minimum Gasteiger partial charge on any atom is -1.00 e. The van der Waals surface area contributed by atoms with E-state index in [1.807, 2.05) is 18.3 Å². The van der Waals surface area contributed by atoms with Gasteiger partial charge in [-0.3, -0.25) is 6.08 Å². The third-order valence-electron chi connectivity index (χ3n) is 3.95. The number of hydrogen-bond acceptors (Lipinski definition) is 0. The average molecular weight is 364 g/mol. The van der Waals surface area contributed by atoms with E-state index in [9.17, 15) is 0 Å². The van der Waals surface area contributed by atoms with E-state index in [0.717, 1.165) is 0 Å². The standard InChI is InChI=1S/C11H19Si.C4H4N.2ClH.Ti/c1-8-7-11(4,12(5)6)10(3)9(8)2;1-2-4-5-3-1;;;/h12H,1-6H3;1-3,5H;2*1H;/q2*-1;;;+4/p-2. The zero-order chi connectivity index (χ0) is 13.1. The maximum atomic E-state index is 3.63. The van der Waals surface area contributed by atoms with Crippen molar-refractivity contribution in [1.29, 1.82) is 0 Å². The molecule has 0 aliphatic heterocycles. The van der Waals surface area contributed by atoms with Gasteiger partial charge in [-0.25, -0.2) is 5.57 Å². The summed E-state index contributed by atoms with van der Waals surface area (Å²) in [5.74, 6) is 0. The molecule has 5 heteroatoms. The third-order valence-corrected chi connectivity index (χ3v) is 6.84. The SMILES string of the molecule is CC1=[C-]C(C)([SiH](C)C)C(C)=C1C.[Cl-].[Cl-].[Ti+4].[c-]1ccc[nH]1. The van der Waals surface area contributed by atoms with Gasteiger partial charge in [0.1, 0.15) is 0 Å². The maximum Gasteiger partial charge on any atom is 4.00 e. The molecule has 1 unspecified atom stereocenters. The van der Waals surface area contributed by atoms with Crippen molar-refractivity contribution >= 4 is 8.80 Å². The number of aromatic amines is 1. The van der Waals surface area contributed by atoms with Crippen molar-refractivity contribution in [3.05, 3.63) is 47.3 Å². The van der Waals surface area contributed by atoms with Gasteiger partial charge in [0.2, 0.25) is 0 Å². The van der Waals surface area contributed by atoms with E-state index in [1.54, 1.807) is 5.57 Å². The van der Waals surface area contributed by atoms with E-state index < -0.39 is 8.80 Å². The first kappa shape index (κ1) is 25.2. The monoisotopic (exact) mass is 363 g/mol. The fraction of sp³-hybridized carbons (Fsp3) is 0.467. The fourth-order valence-corrected chi connectivity index (χ4v) is 3.65. The summed E-state index contributed by atoms with van der Waals surface area (Å²) in [6.45, 7) is 13.8. The molecule has 110 valence electrons. The van der Waals surface area contributed by atoms with Crippen molar-refractivity contribution in [2.75, 3.05) is 0 Å². The molecule has 1 nitrogen and oxygen atoms in total. The van der Waals surface area contributed by atoms with Gasteiger partial charge in [-0.1, -0.05) is 38.9 Å². The van der Waals surface area contributed by atoms with Crippen LogP contribution in [0.2, 0.25) is 18.1 Å². The number of rotatable bonds is 1. The Kier molecular flexibility index (Phi) is 13.8. The van der Waals surface area contributed by atoms with E-state index in [-0.39, 0.29) is 46.5 Å². The molecule has 1 aromatic heterocycles. The Labute approximate surface area is 153 Å². The summed E-state index contributed by atoms with van der Waals surface area (Å²) in [5.41, 5.74) is 4.40. The van der Waals surface area contributed by atoms with Gasteiger partial charge >= 0.3 is 21.7 Å². The van der Waals surface area contributed by atoms with Crippen molar-refractivity contribution in [3.8, 4) is 0 Å². The predicted octanol–water partition coefficient (Wildman–Crippen LogP) is -1.85. The summed E-state index contributed by atoms with van der Waals surface area (Å²) in [7, 11) is -0.663. The molecule has 0 aromatic carbocycles. The van der Waals surface area contributed by atoms with Gasteiger partial charge in [-0.15, -0.1) is 13.1 Å². The molecule has 1 aliphatic carbocycles. The van der Waals surface area contributed by atoms with E-state index in [0.29, 0.717) is 5.04 Å². The van der Waals surface area contributed by atoms with Crippen LogP contribution in [0, 0.1) is 12.3 Å². The van der Waals surface area contributed by atoms with Gasteiger partial charge in [0, 0.05) is 8.80 Å². The first-order valence-corrected chi connectivity index (χ1v) is 9.07. The molecular formula is C15H23Cl2NSiTi. The molecule has 1 N–H and O–H groups in total. The number of aromatic nitrogens is 1. The topological polar surface area (TPSA) is 15.8 Å². The molecule has 1 aromatic rings. The summed E-state index contributed by atoms with van der Waals surface area (Å²) >= 11 is 0. The molecule has 1 heterocycles. The van der Waals surface area contributed by atoms with Crippen molar-refractivity contribution in [3.63, 3.8) is 0 Å². The van der Waals surface area contributed by atoms with E-state index in [2.05, 4.69) is 58.0 Å². The molecule has 0 spiro atoms. The van der Waals surface area contributed by atoms with Crippen LogP contribution in [0.1, 0.15) is 27.7 Å². The van der Waals surface area contributed by atoms with Crippen LogP contribution in [-0.4, -0.2) is 13.8 Å². The van der Waals surface area contributed by atoms with Crippen LogP contribution in [0.5, 0.6) is 0 Å². The quantitative estimate of drug-likeness (QED) is 0.445. The molecule has 0 saturated heterocycles. The van der Waals surface area contributed by atoms with Crippen molar-refractivity contribution in [2.24, 2.45) is 0 Å². The Morgan fingerprint density at radius 1 is 1.15 bits per heavy atom. The third kappa shape index (κ3) is 5.95. The Hall–Kier alpha value is 0.271. The first-order chi connectivity index (χ1) is 7.89. The minimum atomic E-state index is -0.663. The van der Waals surface area contributed by atoms with Gasteiger partial charge in [0.15, 0.2) is 0 Å². The van der Waals surface area contributed by atoms with Crippen LogP contribution in [0.15, 0.2) is 35.0 Å². The second-order valence-electron chi connectivity index (χ2n) is 5.17. The van der Waals surface area contributed by atoms with Crippen LogP contribution in [0.25, 0.3) is 0 Å². The van der Waals surface area contributed by atoms with Crippen molar-refractivity contribution < 1.29 is 46.5 Å². The number of H-pyrrole nitrogens is 1. The number of halogens is 2. The molecule has 0 radical (unpaired) electrons. The molecule has 1 atom stereocenters. The number of allylic oxidation sites excluding steroid dienone is 4. The van der Waals surface area contributed by atoms with Crippen molar-refractivity contribution in [2.45, 2.75) is 45.8 Å². The summed E-state index contributed by atoms with van der Waals surface area (Å²) in [4.78, 5) is 2.74. The summed E-state index contributed by atoms with van der Waals surface area (Å²) in [5, 5.41) is 0.328. The van der Waals surface area contributed by atoms with E-state index in [1.165, 1.54) is 11.1 Å². The van der Waals surface area contributed by atoms with E-state index >= 15 is 0 Å². The molecular weight excluding hydrogens is 341 g/mol. The normalized spacial score (nSPS) is 20.1. The van der Waals surface area contributed by atoms with E-state index in [4.69, 9.17) is 0 Å². The summed E-state index contributed by atoms with van der Waals surface area (Å²) in [6.07, 6.45) is 8.19. The second-order valence-corrected chi connectivity index (χ2v) is 8.64.